The molecule has 0 aromatic heterocycles. The minimum atomic E-state index is -4.47. The van der Waals surface area contributed by atoms with E-state index in [1.807, 2.05) is 13.8 Å². The summed E-state index contributed by atoms with van der Waals surface area (Å²) in [5.74, 6) is -0.0178. The minimum absolute atomic E-state index is 0.0880. The van der Waals surface area contributed by atoms with E-state index in [2.05, 4.69) is 12.2 Å². The average molecular weight is 426 g/mol. The van der Waals surface area contributed by atoms with Crippen LogP contribution >= 0.6 is 0 Å². The summed E-state index contributed by atoms with van der Waals surface area (Å²) in [6.07, 6.45) is -1.55. The molecule has 0 unspecified atom stereocenters. The van der Waals surface area contributed by atoms with Gasteiger partial charge in [0.1, 0.15) is 11.8 Å². The van der Waals surface area contributed by atoms with E-state index in [1.54, 1.807) is 0 Å². The number of benzene rings is 1. The summed E-state index contributed by atoms with van der Waals surface area (Å²) in [6.45, 7) is 6.64. The van der Waals surface area contributed by atoms with E-state index < -0.39 is 29.4 Å². The number of amides is 2. The molecular formula is C22H29F3N2O3. The number of carbonyl (C=O) groups excluding carboxylic acids is 2. The molecule has 1 saturated heterocycles. The lowest BCUT2D eigenvalue weighted by molar-refractivity contribution is -0.137. The Kier molecular flexibility index (Phi) is 6.45. The zero-order valence-corrected chi connectivity index (χ0v) is 17.6. The molecule has 166 valence electrons. The summed E-state index contributed by atoms with van der Waals surface area (Å²) in [6, 6.07) is 3.34. The molecule has 1 saturated carbocycles. The molecule has 0 radical (unpaired) electrons. The Balaban J connectivity index is 1.89. The van der Waals surface area contributed by atoms with Crippen LogP contribution in [0.15, 0.2) is 24.3 Å². The number of ether oxygens (including phenoxy) is 1. The van der Waals surface area contributed by atoms with E-state index in [1.165, 1.54) is 17.0 Å². The van der Waals surface area contributed by atoms with Gasteiger partial charge in [-0.05, 0) is 61.8 Å². The summed E-state index contributed by atoms with van der Waals surface area (Å²) >= 11 is 0. The van der Waals surface area contributed by atoms with Crippen LogP contribution in [0, 0.1) is 11.8 Å². The highest BCUT2D eigenvalue weighted by Crippen LogP contribution is 2.43. The molecule has 3 rings (SSSR count). The van der Waals surface area contributed by atoms with Gasteiger partial charge in [0.05, 0.1) is 12.2 Å². The molecule has 1 aliphatic heterocycles. The maximum absolute atomic E-state index is 13.4. The van der Waals surface area contributed by atoms with Crippen molar-refractivity contribution in [3.63, 3.8) is 0 Å². The quantitative estimate of drug-likeness (QED) is 0.784. The average Bonchev–Trinajstić information content (AvgIpc) is 3.06. The molecule has 8 heteroatoms. The number of halogens is 3. The summed E-state index contributed by atoms with van der Waals surface area (Å²) in [5.41, 5.74) is -1.58. The molecule has 1 aliphatic carbocycles. The maximum Gasteiger partial charge on any atom is 0.416 e. The normalized spacial score (nSPS) is 27.0. The molecule has 2 aliphatic rings. The van der Waals surface area contributed by atoms with E-state index in [0.717, 1.165) is 25.0 Å². The minimum Gasteiger partial charge on any atom is -0.354 e. The van der Waals surface area contributed by atoms with Crippen molar-refractivity contribution in [1.29, 1.82) is 0 Å². The van der Waals surface area contributed by atoms with Gasteiger partial charge < -0.3 is 10.1 Å². The van der Waals surface area contributed by atoms with Crippen molar-refractivity contribution in [2.24, 2.45) is 11.8 Å². The van der Waals surface area contributed by atoms with Crippen molar-refractivity contribution in [2.75, 3.05) is 13.2 Å². The van der Waals surface area contributed by atoms with Gasteiger partial charge in [0.15, 0.2) is 0 Å². The lowest BCUT2D eigenvalue weighted by Gasteiger charge is -2.43. The van der Waals surface area contributed by atoms with Crippen LogP contribution in [0.5, 0.6) is 0 Å². The highest BCUT2D eigenvalue weighted by molar-refractivity contribution is 5.98. The molecular weight excluding hydrogens is 397 g/mol. The van der Waals surface area contributed by atoms with Gasteiger partial charge in [0, 0.05) is 12.1 Å². The summed E-state index contributed by atoms with van der Waals surface area (Å²) in [5, 5.41) is 2.86. The Hall–Kier alpha value is -2.09. The van der Waals surface area contributed by atoms with Crippen molar-refractivity contribution in [3.05, 3.63) is 35.4 Å². The van der Waals surface area contributed by atoms with Crippen LogP contribution in [-0.2, 0) is 15.7 Å². The predicted molar refractivity (Wildman–Crippen MR) is 106 cm³/mol. The molecule has 1 atom stereocenters. The molecule has 1 heterocycles. The van der Waals surface area contributed by atoms with Crippen LogP contribution in [0.1, 0.15) is 62.4 Å². The molecule has 2 amide bonds. The molecule has 30 heavy (non-hydrogen) atoms. The van der Waals surface area contributed by atoms with E-state index >= 15 is 0 Å². The molecule has 5 nitrogen and oxygen atoms in total. The first-order valence-electron chi connectivity index (χ1n) is 10.5. The number of rotatable bonds is 4. The first-order chi connectivity index (χ1) is 14.0. The molecule has 1 aromatic rings. The molecule has 0 bridgehead atoms. The number of nitrogens with one attached hydrogen (secondary N) is 1. The fourth-order valence-electron chi connectivity index (χ4n) is 4.14. The Labute approximate surface area is 175 Å². The number of hydrogen-bond donors (Lipinski definition) is 1. The van der Waals surface area contributed by atoms with E-state index in [0.29, 0.717) is 25.3 Å². The Morgan fingerprint density at radius 2 is 1.80 bits per heavy atom. The molecule has 1 aromatic carbocycles. The van der Waals surface area contributed by atoms with E-state index in [9.17, 15) is 22.8 Å². The molecule has 1 spiro atoms. The van der Waals surface area contributed by atoms with Gasteiger partial charge in [-0.2, -0.15) is 13.2 Å². The highest BCUT2D eigenvalue weighted by atomic mass is 19.4. The first-order valence-corrected chi connectivity index (χ1v) is 10.5. The van der Waals surface area contributed by atoms with Gasteiger partial charge in [-0.1, -0.05) is 20.8 Å². The van der Waals surface area contributed by atoms with Crippen LogP contribution in [0.3, 0.4) is 0 Å². The first kappa shape index (κ1) is 22.6. The standard InChI is InChI=1S/C22H29F3N2O3/c1-14(2)12-26-19(28)18-13-30-21(10-8-15(3)9-11-21)27(18)20(29)16-4-6-17(7-5-16)22(23,24)25/h4-7,14-15,18H,8-13H2,1-3H3,(H,26,28)/t15?,18-,21?/m1/s1. The zero-order valence-electron chi connectivity index (χ0n) is 17.6. The Morgan fingerprint density at radius 1 is 1.20 bits per heavy atom. The second kappa shape index (κ2) is 8.57. The van der Waals surface area contributed by atoms with Crippen LogP contribution in [0.2, 0.25) is 0 Å². The largest absolute Gasteiger partial charge is 0.416 e. The fraction of sp³-hybridized carbons (Fsp3) is 0.636. The molecule has 2 fully saturated rings. The number of nitrogens with zero attached hydrogens (tertiary/aromatic N) is 1. The van der Waals surface area contributed by atoms with Gasteiger partial charge in [-0.3, -0.25) is 14.5 Å². The third kappa shape index (κ3) is 4.63. The lowest BCUT2D eigenvalue weighted by atomic mass is 9.83. The Bertz CT molecular complexity index is 769. The van der Waals surface area contributed by atoms with E-state index in [4.69, 9.17) is 4.74 Å². The maximum atomic E-state index is 13.4. The van der Waals surface area contributed by atoms with Crippen molar-refractivity contribution in [1.82, 2.24) is 10.2 Å². The topological polar surface area (TPSA) is 58.6 Å². The van der Waals surface area contributed by atoms with Gasteiger partial charge in [-0.15, -0.1) is 0 Å². The number of hydrogen-bond acceptors (Lipinski definition) is 3. The summed E-state index contributed by atoms with van der Waals surface area (Å²) < 4.78 is 44.7. The SMILES string of the molecule is CC(C)CNC(=O)[C@H]1COC2(CCC(C)CC2)N1C(=O)c1ccc(C(F)(F)F)cc1. The van der Waals surface area contributed by atoms with Crippen molar-refractivity contribution in [3.8, 4) is 0 Å². The van der Waals surface area contributed by atoms with Crippen molar-refractivity contribution >= 4 is 11.8 Å². The van der Waals surface area contributed by atoms with Crippen LogP contribution in [0.25, 0.3) is 0 Å². The second-order valence-electron chi connectivity index (χ2n) is 8.84. The highest BCUT2D eigenvalue weighted by Gasteiger charge is 2.53. The van der Waals surface area contributed by atoms with Gasteiger partial charge >= 0.3 is 6.18 Å². The lowest BCUT2D eigenvalue weighted by Crippen LogP contribution is -2.57. The zero-order chi connectivity index (χ0) is 22.1. The molecule has 1 N–H and O–H groups in total. The smallest absolute Gasteiger partial charge is 0.354 e. The summed E-state index contributed by atoms with van der Waals surface area (Å²) in [4.78, 5) is 27.7. The third-order valence-electron chi connectivity index (χ3n) is 5.98. The van der Waals surface area contributed by atoms with Crippen molar-refractivity contribution in [2.45, 2.75) is 64.4 Å². The van der Waals surface area contributed by atoms with Gasteiger partial charge in [-0.25, -0.2) is 0 Å². The Morgan fingerprint density at radius 3 is 2.33 bits per heavy atom. The van der Waals surface area contributed by atoms with E-state index in [-0.39, 0.29) is 24.0 Å². The fourth-order valence-corrected chi connectivity index (χ4v) is 4.14. The van der Waals surface area contributed by atoms with Crippen LogP contribution in [-0.4, -0.2) is 41.6 Å². The second-order valence-corrected chi connectivity index (χ2v) is 8.84. The third-order valence-corrected chi connectivity index (χ3v) is 5.98. The van der Waals surface area contributed by atoms with Crippen LogP contribution < -0.4 is 5.32 Å². The van der Waals surface area contributed by atoms with Crippen LogP contribution in [0.4, 0.5) is 13.2 Å². The monoisotopic (exact) mass is 426 g/mol. The number of carbonyl (C=O) groups is 2. The number of alkyl halides is 3. The predicted octanol–water partition coefficient (Wildman–Crippen LogP) is 4.23. The van der Waals surface area contributed by atoms with Gasteiger partial charge in [0.2, 0.25) is 5.91 Å². The van der Waals surface area contributed by atoms with Gasteiger partial charge in [0.25, 0.3) is 5.91 Å². The van der Waals surface area contributed by atoms with Crippen molar-refractivity contribution < 1.29 is 27.5 Å². The summed E-state index contributed by atoms with van der Waals surface area (Å²) in [7, 11) is 0.